The first kappa shape index (κ1) is 14.0. The number of aliphatic hydroxyl groups excluding tert-OH is 3. The molecule has 0 spiro atoms. The van der Waals surface area contributed by atoms with E-state index in [1.807, 2.05) is 0 Å². The van der Waals surface area contributed by atoms with E-state index in [0.717, 1.165) is 0 Å². The average molecular weight is 257 g/mol. The molecule has 1 fully saturated rings. The summed E-state index contributed by atoms with van der Waals surface area (Å²) in [4.78, 5) is 18.5. The summed E-state index contributed by atoms with van der Waals surface area (Å²) in [6.45, 7) is -0.334. The molecule has 5 N–H and O–H groups in total. The topological polar surface area (TPSA) is 131 Å². The molecule has 16 heavy (non-hydrogen) atoms. The van der Waals surface area contributed by atoms with Gasteiger partial charge in [-0.2, -0.15) is 0 Å². The molecule has 1 aliphatic heterocycles. The van der Waals surface area contributed by atoms with Crippen LogP contribution in [0.25, 0.3) is 0 Å². The van der Waals surface area contributed by atoms with E-state index < -0.39 is 38.8 Å². The second-order valence-corrected chi connectivity index (χ2v) is 5.08. The molecule has 1 rings (SSSR count). The normalized spacial score (nSPS) is 37.6. The summed E-state index contributed by atoms with van der Waals surface area (Å²) in [5, 5.41) is 28.3. The van der Waals surface area contributed by atoms with Crippen LogP contribution in [-0.2, 0) is 9.09 Å². The molecule has 1 heterocycles. The summed E-state index contributed by atoms with van der Waals surface area (Å²) in [6.07, 6.45) is -3.76. The molecule has 0 saturated carbocycles. The quantitative estimate of drug-likeness (QED) is 0.350. The molecule has 0 aromatic carbocycles. The monoisotopic (exact) mass is 257 g/mol. The number of β-amino-alcohol motifs (C(OH)–C–C–N with tert-alkyl or cyclic N) is 1. The van der Waals surface area contributed by atoms with Crippen molar-refractivity contribution in [3.63, 3.8) is 0 Å². The number of hydrogen-bond donors (Lipinski definition) is 5. The Morgan fingerprint density at radius 3 is 2.38 bits per heavy atom. The summed E-state index contributed by atoms with van der Waals surface area (Å²) in [5.41, 5.74) is 0. The lowest BCUT2D eigenvalue weighted by Gasteiger charge is -2.41. The van der Waals surface area contributed by atoms with Gasteiger partial charge in [-0.3, -0.25) is 9.42 Å². The van der Waals surface area contributed by atoms with Gasteiger partial charge in [0.15, 0.2) is 0 Å². The SMILES string of the molecule is CN1C[C@H](O)[C@@H](O)[C@H](O)[C@H]1COP(=O)(O)O. The minimum atomic E-state index is -4.60. The number of phosphoric ester groups is 1. The second kappa shape index (κ2) is 5.07. The molecular formula is C7H16NO7P. The van der Waals surface area contributed by atoms with Crippen molar-refractivity contribution in [2.45, 2.75) is 24.4 Å². The highest BCUT2D eigenvalue weighted by Gasteiger charge is 2.40. The number of piperidine rings is 1. The zero-order valence-corrected chi connectivity index (χ0v) is 9.57. The van der Waals surface area contributed by atoms with Crippen LogP contribution in [0.1, 0.15) is 0 Å². The van der Waals surface area contributed by atoms with Crippen LogP contribution in [0.15, 0.2) is 0 Å². The van der Waals surface area contributed by atoms with E-state index >= 15 is 0 Å². The molecule has 0 bridgehead atoms. The van der Waals surface area contributed by atoms with Crippen molar-refractivity contribution in [1.82, 2.24) is 4.90 Å². The predicted octanol–water partition coefficient (Wildman–Crippen LogP) is -2.51. The predicted molar refractivity (Wildman–Crippen MR) is 52.4 cm³/mol. The maximum Gasteiger partial charge on any atom is 0.469 e. The molecule has 0 unspecified atom stereocenters. The molecule has 0 radical (unpaired) electrons. The Hall–Kier alpha value is -0.0500. The molecule has 0 aromatic rings. The molecule has 1 saturated heterocycles. The van der Waals surface area contributed by atoms with E-state index in [4.69, 9.17) is 9.79 Å². The molecule has 0 amide bonds. The Morgan fingerprint density at radius 1 is 1.31 bits per heavy atom. The van der Waals surface area contributed by atoms with E-state index in [9.17, 15) is 19.9 Å². The van der Waals surface area contributed by atoms with E-state index in [2.05, 4.69) is 4.52 Å². The van der Waals surface area contributed by atoms with Crippen LogP contribution in [0.2, 0.25) is 0 Å². The zero-order chi connectivity index (χ0) is 12.5. The Kier molecular flexibility index (Phi) is 4.44. The number of likely N-dealkylation sites (tertiary alicyclic amines) is 1. The van der Waals surface area contributed by atoms with Gasteiger partial charge in [-0.15, -0.1) is 0 Å². The molecule has 1 aliphatic rings. The molecule has 9 heteroatoms. The van der Waals surface area contributed by atoms with E-state index in [0.29, 0.717) is 0 Å². The third-order valence-corrected chi connectivity index (χ3v) is 3.08. The minimum Gasteiger partial charge on any atom is -0.389 e. The maximum absolute atomic E-state index is 10.5. The standard InChI is InChI=1S/C7H16NO7P/c1-8-2-5(9)7(11)6(10)4(8)3-15-16(12,13)14/h4-7,9-11H,2-3H2,1H3,(H2,12,13,14)/t4-,5+,6-,7-/m1/s1. The van der Waals surface area contributed by atoms with Crippen molar-refractivity contribution >= 4 is 7.82 Å². The first-order valence-corrected chi connectivity index (χ1v) is 6.20. The van der Waals surface area contributed by atoms with Crippen LogP contribution < -0.4 is 0 Å². The fourth-order valence-corrected chi connectivity index (χ4v) is 2.00. The second-order valence-electron chi connectivity index (χ2n) is 3.84. The number of rotatable bonds is 3. The highest BCUT2D eigenvalue weighted by atomic mass is 31.2. The van der Waals surface area contributed by atoms with Gasteiger partial charge in [-0.25, -0.2) is 4.57 Å². The highest BCUT2D eigenvalue weighted by Crippen LogP contribution is 2.36. The van der Waals surface area contributed by atoms with Crippen LogP contribution in [-0.4, -0.2) is 74.6 Å². The van der Waals surface area contributed by atoms with E-state index in [1.54, 1.807) is 7.05 Å². The zero-order valence-electron chi connectivity index (χ0n) is 8.67. The van der Waals surface area contributed by atoms with Gasteiger partial charge in [0, 0.05) is 6.54 Å². The lowest BCUT2D eigenvalue weighted by atomic mass is 9.95. The van der Waals surface area contributed by atoms with E-state index in [1.165, 1.54) is 4.90 Å². The van der Waals surface area contributed by atoms with Gasteiger partial charge >= 0.3 is 7.82 Å². The van der Waals surface area contributed by atoms with Gasteiger partial charge < -0.3 is 25.1 Å². The molecule has 0 aliphatic carbocycles. The lowest BCUT2D eigenvalue weighted by molar-refractivity contribution is -0.138. The summed E-state index contributed by atoms with van der Waals surface area (Å²) in [5.74, 6) is 0. The number of likely N-dealkylation sites (N-methyl/N-ethyl adjacent to an activating group) is 1. The number of phosphoric acid groups is 1. The molecule has 0 aromatic heterocycles. The first-order valence-electron chi connectivity index (χ1n) is 4.67. The first-order chi connectivity index (χ1) is 7.22. The van der Waals surface area contributed by atoms with Gasteiger partial charge in [0.1, 0.15) is 12.2 Å². The van der Waals surface area contributed by atoms with Gasteiger partial charge in [-0.05, 0) is 7.05 Å². The summed E-state index contributed by atoms with van der Waals surface area (Å²) >= 11 is 0. The van der Waals surface area contributed by atoms with Crippen molar-refractivity contribution in [2.75, 3.05) is 20.2 Å². The summed E-state index contributed by atoms with van der Waals surface area (Å²) in [7, 11) is -3.05. The fraction of sp³-hybridized carbons (Fsp3) is 1.00. The van der Waals surface area contributed by atoms with Gasteiger partial charge in [-0.1, -0.05) is 0 Å². The van der Waals surface area contributed by atoms with Gasteiger partial charge in [0.2, 0.25) is 0 Å². The number of nitrogens with zero attached hydrogens (tertiary/aromatic N) is 1. The molecular weight excluding hydrogens is 241 g/mol. The van der Waals surface area contributed by atoms with Crippen molar-refractivity contribution in [3.05, 3.63) is 0 Å². The average Bonchev–Trinajstić information content (AvgIpc) is 2.12. The maximum atomic E-state index is 10.5. The molecule has 8 nitrogen and oxygen atoms in total. The highest BCUT2D eigenvalue weighted by molar-refractivity contribution is 7.46. The Bertz CT molecular complexity index is 282. The van der Waals surface area contributed by atoms with Crippen molar-refractivity contribution in [2.24, 2.45) is 0 Å². The van der Waals surface area contributed by atoms with Crippen molar-refractivity contribution in [1.29, 1.82) is 0 Å². The van der Waals surface area contributed by atoms with Crippen molar-refractivity contribution in [3.8, 4) is 0 Å². The Morgan fingerprint density at radius 2 is 1.88 bits per heavy atom. The van der Waals surface area contributed by atoms with Gasteiger partial charge in [0.25, 0.3) is 0 Å². The third kappa shape index (κ3) is 3.47. The Labute approximate surface area is 92.3 Å². The molecule has 4 atom stereocenters. The smallest absolute Gasteiger partial charge is 0.389 e. The largest absolute Gasteiger partial charge is 0.469 e. The minimum absolute atomic E-state index is 0.0907. The van der Waals surface area contributed by atoms with Crippen LogP contribution in [0, 0.1) is 0 Å². The lowest BCUT2D eigenvalue weighted by Crippen LogP contribution is -2.61. The van der Waals surface area contributed by atoms with E-state index in [-0.39, 0.29) is 6.54 Å². The van der Waals surface area contributed by atoms with Crippen LogP contribution in [0.3, 0.4) is 0 Å². The van der Waals surface area contributed by atoms with Crippen LogP contribution in [0.5, 0.6) is 0 Å². The Balaban J connectivity index is 2.61. The van der Waals surface area contributed by atoms with Crippen LogP contribution >= 0.6 is 7.82 Å². The van der Waals surface area contributed by atoms with Gasteiger partial charge in [0.05, 0.1) is 18.8 Å². The van der Waals surface area contributed by atoms with Crippen LogP contribution in [0.4, 0.5) is 0 Å². The number of aliphatic hydroxyl groups is 3. The van der Waals surface area contributed by atoms with Crippen molar-refractivity contribution < 1.29 is 34.2 Å². The molecule has 96 valence electrons. The summed E-state index contributed by atoms with van der Waals surface area (Å²) in [6, 6.07) is -0.772. The summed E-state index contributed by atoms with van der Waals surface area (Å²) < 4.78 is 14.8. The third-order valence-electron chi connectivity index (χ3n) is 2.59. The fourth-order valence-electron chi connectivity index (χ4n) is 1.65. The number of hydrogen-bond acceptors (Lipinski definition) is 6.